The van der Waals surface area contributed by atoms with Crippen LogP contribution in [0.4, 0.5) is 5.95 Å². The van der Waals surface area contributed by atoms with Gasteiger partial charge in [0.25, 0.3) is 0 Å². The molecule has 1 aliphatic heterocycles. The molecule has 0 bridgehead atoms. The Morgan fingerprint density at radius 2 is 2.04 bits per heavy atom. The van der Waals surface area contributed by atoms with Crippen LogP contribution in [0.3, 0.4) is 0 Å². The van der Waals surface area contributed by atoms with Crippen molar-refractivity contribution >= 4 is 5.95 Å². The van der Waals surface area contributed by atoms with Crippen molar-refractivity contribution in [3.63, 3.8) is 0 Å². The van der Waals surface area contributed by atoms with E-state index >= 15 is 0 Å². The van der Waals surface area contributed by atoms with Crippen LogP contribution < -0.4 is 9.64 Å². The molecule has 0 amide bonds. The van der Waals surface area contributed by atoms with E-state index in [4.69, 9.17) is 9.47 Å². The summed E-state index contributed by atoms with van der Waals surface area (Å²) in [6.07, 6.45) is 1.09. The van der Waals surface area contributed by atoms with Crippen LogP contribution in [0.5, 0.6) is 5.75 Å². The Labute approximate surface area is 142 Å². The molecule has 7 nitrogen and oxygen atoms in total. The monoisotopic (exact) mass is 331 g/mol. The lowest BCUT2D eigenvalue weighted by atomic mass is 10.0. The molecule has 2 heterocycles. The van der Waals surface area contributed by atoms with Gasteiger partial charge in [0.1, 0.15) is 5.75 Å². The van der Waals surface area contributed by atoms with Crippen molar-refractivity contribution in [2.24, 2.45) is 5.92 Å². The molecule has 130 valence electrons. The lowest BCUT2D eigenvalue weighted by Crippen LogP contribution is -2.27. The molecular formula is C17H25N5O2. The minimum atomic E-state index is 0.280. The van der Waals surface area contributed by atoms with E-state index in [9.17, 15) is 0 Å². The average molecular weight is 331 g/mol. The fraction of sp³-hybridized carbons (Fsp3) is 0.588. The number of ether oxygens (including phenoxy) is 2. The summed E-state index contributed by atoms with van der Waals surface area (Å²) in [5, 5.41) is 12.3. The predicted octanol–water partition coefficient (Wildman–Crippen LogP) is 2.31. The minimum Gasteiger partial charge on any atom is -0.497 e. The number of anilines is 1. The normalized spacial score (nSPS) is 20.5. The van der Waals surface area contributed by atoms with E-state index in [1.165, 1.54) is 5.56 Å². The highest BCUT2D eigenvalue weighted by Crippen LogP contribution is 2.38. The molecule has 7 heteroatoms. The van der Waals surface area contributed by atoms with Crippen LogP contribution in [0.1, 0.15) is 31.9 Å². The Bertz CT molecular complexity index is 643. The fourth-order valence-electron chi connectivity index (χ4n) is 3.25. The highest BCUT2D eigenvalue weighted by Gasteiger charge is 2.34. The van der Waals surface area contributed by atoms with Crippen molar-refractivity contribution in [1.29, 1.82) is 0 Å². The van der Waals surface area contributed by atoms with Crippen molar-refractivity contribution in [3.8, 4) is 5.75 Å². The van der Waals surface area contributed by atoms with E-state index in [0.717, 1.165) is 24.7 Å². The summed E-state index contributed by atoms with van der Waals surface area (Å²) in [7, 11) is 1.69. The van der Waals surface area contributed by atoms with Gasteiger partial charge in [0.2, 0.25) is 5.95 Å². The highest BCUT2D eigenvalue weighted by molar-refractivity contribution is 5.40. The molecule has 1 aromatic carbocycles. The summed E-state index contributed by atoms with van der Waals surface area (Å²) < 4.78 is 12.5. The van der Waals surface area contributed by atoms with Gasteiger partial charge in [-0.05, 0) is 47.4 Å². The molecule has 0 saturated carbocycles. The smallest absolute Gasteiger partial charge is 0.246 e. The number of benzene rings is 1. The van der Waals surface area contributed by atoms with E-state index in [-0.39, 0.29) is 6.04 Å². The zero-order valence-electron chi connectivity index (χ0n) is 14.6. The van der Waals surface area contributed by atoms with Crippen LogP contribution in [0.15, 0.2) is 24.3 Å². The molecule has 2 atom stereocenters. The zero-order chi connectivity index (χ0) is 16.9. The summed E-state index contributed by atoms with van der Waals surface area (Å²) >= 11 is 0. The first-order valence-corrected chi connectivity index (χ1v) is 8.47. The van der Waals surface area contributed by atoms with Crippen molar-refractivity contribution in [3.05, 3.63) is 29.8 Å². The summed E-state index contributed by atoms with van der Waals surface area (Å²) in [4.78, 5) is 2.30. The van der Waals surface area contributed by atoms with Gasteiger partial charge in [-0.2, -0.15) is 0 Å². The highest BCUT2D eigenvalue weighted by atomic mass is 16.5. The van der Waals surface area contributed by atoms with E-state index in [1.54, 1.807) is 7.11 Å². The molecule has 0 N–H and O–H groups in total. The van der Waals surface area contributed by atoms with Gasteiger partial charge < -0.3 is 14.4 Å². The second kappa shape index (κ2) is 7.61. The third-order valence-corrected chi connectivity index (χ3v) is 4.43. The Morgan fingerprint density at radius 3 is 2.75 bits per heavy atom. The van der Waals surface area contributed by atoms with E-state index in [2.05, 4.69) is 39.5 Å². The molecule has 0 radical (unpaired) electrons. The Hall–Kier alpha value is -2.15. The van der Waals surface area contributed by atoms with Crippen LogP contribution in [0.25, 0.3) is 0 Å². The molecule has 2 aromatic rings. The number of nitrogens with zero attached hydrogens (tertiary/aromatic N) is 5. The SMILES string of the molecule is CCOCCn1nnnc1N1CC(C)CC1c1ccc(OC)cc1. The van der Waals surface area contributed by atoms with Gasteiger partial charge >= 0.3 is 0 Å². The number of aromatic nitrogens is 4. The standard InChI is InChI=1S/C17H25N5O2/c1-4-24-10-9-22-17(18-19-20-22)21-12-13(2)11-16(21)14-5-7-15(23-3)8-6-14/h5-8,13,16H,4,9-12H2,1-3H3. The van der Waals surface area contributed by atoms with Gasteiger partial charge in [0.15, 0.2) is 0 Å². The second-order valence-corrected chi connectivity index (χ2v) is 6.18. The molecule has 1 fully saturated rings. The van der Waals surface area contributed by atoms with Gasteiger partial charge in [-0.15, -0.1) is 0 Å². The summed E-state index contributed by atoms with van der Waals surface area (Å²) in [5.74, 6) is 2.28. The molecule has 3 rings (SSSR count). The summed E-state index contributed by atoms with van der Waals surface area (Å²) in [6.45, 7) is 7.19. The topological polar surface area (TPSA) is 65.3 Å². The van der Waals surface area contributed by atoms with Crippen molar-refractivity contribution in [1.82, 2.24) is 20.2 Å². The average Bonchev–Trinajstić information content (AvgIpc) is 3.21. The maximum atomic E-state index is 5.43. The first kappa shape index (κ1) is 16.7. The Kier molecular flexibility index (Phi) is 5.30. The largest absolute Gasteiger partial charge is 0.497 e. The molecule has 0 aliphatic carbocycles. The van der Waals surface area contributed by atoms with Crippen molar-refractivity contribution < 1.29 is 9.47 Å². The van der Waals surface area contributed by atoms with Gasteiger partial charge in [-0.3, -0.25) is 0 Å². The second-order valence-electron chi connectivity index (χ2n) is 6.18. The number of methoxy groups -OCH3 is 1. The quantitative estimate of drug-likeness (QED) is 0.726. The van der Waals surface area contributed by atoms with Crippen LogP contribution in [0, 0.1) is 5.92 Å². The maximum absolute atomic E-state index is 5.43. The molecule has 24 heavy (non-hydrogen) atoms. The number of hydrogen-bond acceptors (Lipinski definition) is 6. The first-order chi connectivity index (χ1) is 11.7. The lowest BCUT2D eigenvalue weighted by molar-refractivity contribution is 0.136. The molecule has 1 aromatic heterocycles. The van der Waals surface area contributed by atoms with Gasteiger partial charge in [-0.25, -0.2) is 4.68 Å². The lowest BCUT2D eigenvalue weighted by Gasteiger charge is -2.25. The van der Waals surface area contributed by atoms with Gasteiger partial charge in [0.05, 0.1) is 26.3 Å². The van der Waals surface area contributed by atoms with Gasteiger partial charge in [-0.1, -0.05) is 24.2 Å². The van der Waals surface area contributed by atoms with Crippen molar-refractivity contribution in [2.45, 2.75) is 32.9 Å². The summed E-state index contributed by atoms with van der Waals surface area (Å²) in [6, 6.07) is 8.55. The molecule has 2 unspecified atom stereocenters. The van der Waals surface area contributed by atoms with Crippen LogP contribution in [-0.4, -0.2) is 47.1 Å². The molecule has 1 aliphatic rings. The van der Waals surface area contributed by atoms with E-state index < -0.39 is 0 Å². The number of hydrogen-bond donors (Lipinski definition) is 0. The van der Waals surface area contributed by atoms with E-state index in [0.29, 0.717) is 25.7 Å². The van der Waals surface area contributed by atoms with Crippen LogP contribution in [0.2, 0.25) is 0 Å². The Balaban J connectivity index is 1.81. The van der Waals surface area contributed by atoms with Crippen LogP contribution >= 0.6 is 0 Å². The Morgan fingerprint density at radius 1 is 1.25 bits per heavy atom. The molecule has 1 saturated heterocycles. The predicted molar refractivity (Wildman–Crippen MR) is 91.2 cm³/mol. The molecule has 0 spiro atoms. The molecular weight excluding hydrogens is 306 g/mol. The first-order valence-electron chi connectivity index (χ1n) is 8.47. The minimum absolute atomic E-state index is 0.280. The van der Waals surface area contributed by atoms with Crippen LogP contribution in [-0.2, 0) is 11.3 Å². The number of tetrazole rings is 1. The zero-order valence-corrected chi connectivity index (χ0v) is 14.6. The third kappa shape index (κ3) is 3.51. The fourth-order valence-corrected chi connectivity index (χ4v) is 3.25. The third-order valence-electron chi connectivity index (χ3n) is 4.43. The number of rotatable bonds is 7. The van der Waals surface area contributed by atoms with E-state index in [1.807, 2.05) is 23.7 Å². The van der Waals surface area contributed by atoms with Crippen molar-refractivity contribution in [2.75, 3.05) is 31.8 Å². The maximum Gasteiger partial charge on any atom is 0.246 e. The summed E-state index contributed by atoms with van der Waals surface area (Å²) in [5.41, 5.74) is 1.26. The van der Waals surface area contributed by atoms with Gasteiger partial charge in [0, 0.05) is 13.2 Å².